The van der Waals surface area contributed by atoms with E-state index in [1.54, 1.807) is 25.2 Å². The first-order valence-electron chi connectivity index (χ1n) is 9.21. The van der Waals surface area contributed by atoms with E-state index in [2.05, 4.69) is 10.4 Å². The number of benzene rings is 1. The Balaban J connectivity index is 1.75. The van der Waals surface area contributed by atoms with Crippen LogP contribution in [-0.2, 0) is 28.4 Å². The van der Waals surface area contributed by atoms with Crippen LogP contribution < -0.4 is 11.0 Å². The van der Waals surface area contributed by atoms with Gasteiger partial charge in [-0.05, 0) is 37.5 Å². The monoisotopic (exact) mass is 441 g/mol. The fourth-order valence-electron chi connectivity index (χ4n) is 3.42. The molecule has 3 rings (SSSR count). The Bertz CT molecular complexity index is 1090. The number of anilines is 1. The summed E-state index contributed by atoms with van der Waals surface area (Å²) in [6, 6.07) is 5.16. The first kappa shape index (κ1) is 21.5. The molecule has 0 saturated carbocycles. The number of carbonyl (C=O) groups excluding carboxylic acids is 1. The molecule has 29 heavy (non-hydrogen) atoms. The first-order chi connectivity index (χ1) is 13.6. The smallest absolute Gasteiger partial charge is 0.324 e. The predicted molar refractivity (Wildman–Crippen MR) is 111 cm³/mol. The molecule has 1 N–H and O–H groups in total. The molecule has 1 aromatic heterocycles. The lowest BCUT2D eigenvalue weighted by Gasteiger charge is -2.30. The molecule has 0 aliphatic carbocycles. The number of nitrogens with one attached hydrogen (secondary N) is 1. The van der Waals surface area contributed by atoms with Crippen molar-refractivity contribution in [3.8, 4) is 0 Å². The van der Waals surface area contributed by atoms with Crippen LogP contribution in [0.1, 0.15) is 30.1 Å². The fraction of sp³-hybridized carbons (Fsp3) is 0.500. The summed E-state index contributed by atoms with van der Waals surface area (Å²) in [6.07, 6.45) is 2.59. The Morgan fingerprint density at radius 3 is 2.76 bits per heavy atom. The van der Waals surface area contributed by atoms with Crippen LogP contribution in [-0.4, -0.2) is 52.3 Å². The summed E-state index contributed by atoms with van der Waals surface area (Å²) in [7, 11) is -1.73. The third-order valence-corrected chi connectivity index (χ3v) is 6.72. The number of piperidine rings is 1. The van der Waals surface area contributed by atoms with Gasteiger partial charge in [0, 0.05) is 36.8 Å². The third-order valence-electron chi connectivity index (χ3n) is 5.04. The molecule has 2 heterocycles. The number of sulfonamides is 1. The van der Waals surface area contributed by atoms with Crippen molar-refractivity contribution in [2.45, 2.75) is 32.2 Å². The maximum atomic E-state index is 12.5. The van der Waals surface area contributed by atoms with E-state index >= 15 is 0 Å². The van der Waals surface area contributed by atoms with Gasteiger partial charge in [0.05, 0.1) is 6.26 Å². The Hall–Kier alpha value is -2.17. The molecule has 1 amide bonds. The highest BCUT2D eigenvalue weighted by molar-refractivity contribution is 7.88. The molecule has 0 radical (unpaired) electrons. The molecule has 0 bridgehead atoms. The molecule has 1 saturated heterocycles. The van der Waals surface area contributed by atoms with E-state index < -0.39 is 21.6 Å². The minimum atomic E-state index is -3.31. The molecular weight excluding hydrogens is 418 g/mol. The van der Waals surface area contributed by atoms with E-state index in [1.165, 1.54) is 15.1 Å². The van der Waals surface area contributed by atoms with Crippen molar-refractivity contribution in [2.24, 2.45) is 7.05 Å². The summed E-state index contributed by atoms with van der Waals surface area (Å²) < 4.78 is 27.6. The van der Waals surface area contributed by atoms with E-state index in [0.717, 1.165) is 16.7 Å². The number of aromatic nitrogens is 3. The van der Waals surface area contributed by atoms with Crippen molar-refractivity contribution < 1.29 is 13.2 Å². The number of aryl methyl sites for hydroxylation is 1. The van der Waals surface area contributed by atoms with Crippen molar-refractivity contribution in [1.82, 2.24) is 18.7 Å². The molecular formula is C18H24ClN5O4S. The Morgan fingerprint density at radius 2 is 2.10 bits per heavy atom. The van der Waals surface area contributed by atoms with Crippen LogP contribution in [0.25, 0.3) is 0 Å². The summed E-state index contributed by atoms with van der Waals surface area (Å²) in [5.74, 6) is -0.121. The minimum Gasteiger partial charge on any atom is -0.324 e. The van der Waals surface area contributed by atoms with Gasteiger partial charge in [-0.3, -0.25) is 9.36 Å². The quantitative estimate of drug-likeness (QED) is 0.753. The third kappa shape index (κ3) is 4.88. The SMILES string of the molecule is Cc1ccc(NC(=O)Cn2nc(C3CCCN(S(C)(=O)=O)C3)n(C)c2=O)cc1Cl. The number of amides is 1. The minimum absolute atomic E-state index is 0.198. The zero-order valence-electron chi connectivity index (χ0n) is 16.6. The van der Waals surface area contributed by atoms with Crippen LogP contribution in [0.15, 0.2) is 23.0 Å². The summed E-state index contributed by atoms with van der Waals surface area (Å²) in [6.45, 7) is 2.35. The summed E-state index contributed by atoms with van der Waals surface area (Å²) in [4.78, 5) is 24.9. The number of hydrogen-bond acceptors (Lipinski definition) is 5. The van der Waals surface area contributed by atoms with Gasteiger partial charge in [0.2, 0.25) is 15.9 Å². The van der Waals surface area contributed by atoms with E-state index in [-0.39, 0.29) is 19.0 Å². The molecule has 1 fully saturated rings. The average molecular weight is 442 g/mol. The lowest BCUT2D eigenvalue weighted by Crippen LogP contribution is -2.39. The van der Waals surface area contributed by atoms with Crippen LogP contribution in [0.2, 0.25) is 5.02 Å². The van der Waals surface area contributed by atoms with Crippen molar-refractivity contribution in [3.63, 3.8) is 0 Å². The lowest BCUT2D eigenvalue weighted by atomic mass is 9.99. The molecule has 1 aliphatic heterocycles. The summed E-state index contributed by atoms with van der Waals surface area (Å²) in [5.41, 5.74) is 1.00. The molecule has 0 spiro atoms. The Labute approximate surface area is 174 Å². The predicted octanol–water partition coefficient (Wildman–Crippen LogP) is 1.32. The van der Waals surface area contributed by atoms with E-state index in [4.69, 9.17) is 11.6 Å². The number of carbonyl (C=O) groups is 1. The van der Waals surface area contributed by atoms with Crippen LogP contribution in [0.5, 0.6) is 0 Å². The first-order valence-corrected chi connectivity index (χ1v) is 11.4. The topological polar surface area (TPSA) is 106 Å². The van der Waals surface area contributed by atoms with Crippen LogP contribution in [0.3, 0.4) is 0 Å². The Morgan fingerprint density at radius 1 is 1.38 bits per heavy atom. The maximum absolute atomic E-state index is 12.5. The van der Waals surface area contributed by atoms with Crippen LogP contribution in [0.4, 0.5) is 5.69 Å². The van der Waals surface area contributed by atoms with Crippen molar-refractivity contribution >= 4 is 33.2 Å². The van der Waals surface area contributed by atoms with Crippen molar-refractivity contribution in [2.75, 3.05) is 24.7 Å². The van der Waals surface area contributed by atoms with Gasteiger partial charge in [-0.25, -0.2) is 22.2 Å². The zero-order valence-corrected chi connectivity index (χ0v) is 18.1. The average Bonchev–Trinajstić information content (AvgIpc) is 2.92. The molecule has 1 unspecified atom stereocenters. The fourth-order valence-corrected chi connectivity index (χ4v) is 4.52. The van der Waals surface area contributed by atoms with E-state index in [0.29, 0.717) is 29.5 Å². The molecule has 1 aromatic carbocycles. The number of nitrogens with zero attached hydrogens (tertiary/aromatic N) is 4. The van der Waals surface area contributed by atoms with E-state index in [1.807, 2.05) is 6.92 Å². The van der Waals surface area contributed by atoms with Gasteiger partial charge in [0.25, 0.3) is 0 Å². The van der Waals surface area contributed by atoms with Crippen molar-refractivity contribution in [1.29, 1.82) is 0 Å². The molecule has 1 aliphatic rings. The van der Waals surface area contributed by atoms with Crippen LogP contribution in [0, 0.1) is 6.92 Å². The largest absolute Gasteiger partial charge is 0.346 e. The summed E-state index contributed by atoms with van der Waals surface area (Å²) in [5, 5.41) is 7.56. The molecule has 2 aromatic rings. The number of halogens is 1. The van der Waals surface area contributed by atoms with Gasteiger partial charge in [0.1, 0.15) is 12.4 Å². The zero-order chi connectivity index (χ0) is 21.3. The standard InChI is InChI=1S/C18H24ClN5O4S/c1-12-6-7-14(9-15(12)19)20-16(25)11-24-18(26)22(2)17(21-24)13-5-4-8-23(10-13)29(3,27)28/h6-7,9,13H,4-5,8,10-11H2,1-3H3,(H,20,25). The lowest BCUT2D eigenvalue weighted by molar-refractivity contribution is -0.117. The highest BCUT2D eigenvalue weighted by atomic mass is 35.5. The van der Waals surface area contributed by atoms with Gasteiger partial charge in [-0.15, -0.1) is 0 Å². The van der Waals surface area contributed by atoms with E-state index in [9.17, 15) is 18.0 Å². The molecule has 11 heteroatoms. The second kappa shape index (κ2) is 8.29. The second-order valence-corrected chi connectivity index (χ2v) is 9.72. The molecule has 9 nitrogen and oxygen atoms in total. The van der Waals surface area contributed by atoms with Crippen molar-refractivity contribution in [3.05, 3.63) is 45.1 Å². The van der Waals surface area contributed by atoms with Gasteiger partial charge < -0.3 is 5.32 Å². The highest BCUT2D eigenvalue weighted by Crippen LogP contribution is 2.26. The molecule has 1 atom stereocenters. The van der Waals surface area contributed by atoms with Gasteiger partial charge in [0.15, 0.2) is 0 Å². The summed E-state index contributed by atoms with van der Waals surface area (Å²) >= 11 is 6.07. The highest BCUT2D eigenvalue weighted by Gasteiger charge is 2.30. The van der Waals surface area contributed by atoms with Gasteiger partial charge >= 0.3 is 5.69 Å². The maximum Gasteiger partial charge on any atom is 0.346 e. The number of rotatable bonds is 5. The van der Waals surface area contributed by atoms with Crippen LogP contribution >= 0.6 is 11.6 Å². The van der Waals surface area contributed by atoms with Gasteiger partial charge in [-0.1, -0.05) is 17.7 Å². The normalized spacial score (nSPS) is 18.0. The number of hydrogen-bond donors (Lipinski definition) is 1. The second-order valence-electron chi connectivity index (χ2n) is 7.33. The molecule has 158 valence electrons. The van der Waals surface area contributed by atoms with Gasteiger partial charge in [-0.2, -0.15) is 5.10 Å². The Kier molecular flexibility index (Phi) is 6.16.